The van der Waals surface area contributed by atoms with Crippen LogP contribution in [0.15, 0.2) is 12.1 Å². The van der Waals surface area contributed by atoms with Gasteiger partial charge in [0.15, 0.2) is 11.5 Å². The summed E-state index contributed by atoms with van der Waals surface area (Å²) < 4.78 is 11.1. The zero-order valence-electron chi connectivity index (χ0n) is 13.6. The van der Waals surface area contributed by atoms with Crippen molar-refractivity contribution in [2.45, 2.75) is 26.2 Å². The summed E-state index contributed by atoms with van der Waals surface area (Å²) in [7, 11) is 0. The third-order valence-corrected chi connectivity index (χ3v) is 4.52. The summed E-state index contributed by atoms with van der Waals surface area (Å²) in [5, 5.41) is 5.93. The van der Waals surface area contributed by atoms with Crippen molar-refractivity contribution >= 4 is 29.1 Å². The van der Waals surface area contributed by atoms with Crippen molar-refractivity contribution in [3.63, 3.8) is 0 Å². The Hall–Kier alpha value is -1.95. The van der Waals surface area contributed by atoms with Gasteiger partial charge in [-0.2, -0.15) is 0 Å². The van der Waals surface area contributed by atoms with E-state index < -0.39 is 0 Å². The van der Waals surface area contributed by atoms with E-state index in [0.29, 0.717) is 47.9 Å². The van der Waals surface area contributed by atoms with Crippen LogP contribution in [0.4, 0.5) is 5.69 Å². The largest absolute Gasteiger partial charge is 0.490 e. The van der Waals surface area contributed by atoms with Gasteiger partial charge in [0.25, 0.3) is 0 Å². The number of halogens is 1. The van der Waals surface area contributed by atoms with Crippen LogP contribution in [0.25, 0.3) is 0 Å². The first kappa shape index (κ1) is 16.9. The lowest BCUT2D eigenvalue weighted by Crippen LogP contribution is -2.29. The molecule has 1 aromatic carbocycles. The van der Waals surface area contributed by atoms with Crippen LogP contribution in [0.2, 0.25) is 5.02 Å². The zero-order chi connectivity index (χ0) is 17.1. The Balaban J connectivity index is 1.52. The van der Waals surface area contributed by atoms with Gasteiger partial charge in [-0.05, 0) is 12.3 Å². The highest BCUT2D eigenvalue weighted by Crippen LogP contribution is 2.38. The molecule has 130 valence electrons. The van der Waals surface area contributed by atoms with Crippen LogP contribution in [0.3, 0.4) is 0 Å². The molecule has 0 aromatic heterocycles. The molecule has 1 saturated carbocycles. The number of anilines is 1. The predicted octanol–water partition coefficient (Wildman–Crippen LogP) is 2.60. The Bertz CT molecular complexity index is 650. The quantitative estimate of drug-likeness (QED) is 0.854. The van der Waals surface area contributed by atoms with Gasteiger partial charge < -0.3 is 20.1 Å². The van der Waals surface area contributed by atoms with E-state index in [0.717, 1.165) is 12.8 Å². The molecule has 2 unspecified atom stereocenters. The molecule has 2 aliphatic rings. The fraction of sp³-hybridized carbons (Fsp3) is 0.529. The number of nitrogens with one attached hydrogen (secondary N) is 2. The molecule has 2 amide bonds. The van der Waals surface area contributed by atoms with Crippen LogP contribution in [-0.4, -0.2) is 31.6 Å². The number of hydrogen-bond acceptors (Lipinski definition) is 4. The molecule has 24 heavy (non-hydrogen) atoms. The van der Waals surface area contributed by atoms with Gasteiger partial charge in [0.05, 0.1) is 23.9 Å². The Morgan fingerprint density at radius 1 is 1.25 bits per heavy atom. The van der Waals surface area contributed by atoms with Gasteiger partial charge in [0, 0.05) is 37.4 Å². The van der Waals surface area contributed by atoms with E-state index in [1.54, 1.807) is 12.1 Å². The summed E-state index contributed by atoms with van der Waals surface area (Å²) in [6.07, 6.45) is 1.93. The average molecular weight is 353 g/mol. The number of fused-ring (bicyclic) bond motifs is 1. The van der Waals surface area contributed by atoms with Crippen molar-refractivity contribution in [2.24, 2.45) is 11.8 Å². The van der Waals surface area contributed by atoms with Crippen molar-refractivity contribution in [1.82, 2.24) is 5.32 Å². The number of carbonyl (C=O) groups excluding carboxylic acids is 2. The summed E-state index contributed by atoms with van der Waals surface area (Å²) in [5.41, 5.74) is 0.480. The zero-order valence-corrected chi connectivity index (χ0v) is 14.3. The molecule has 1 aromatic rings. The predicted molar refractivity (Wildman–Crippen MR) is 90.6 cm³/mol. The van der Waals surface area contributed by atoms with E-state index in [4.69, 9.17) is 21.1 Å². The number of ether oxygens (including phenoxy) is 2. The second-order valence-corrected chi connectivity index (χ2v) is 6.65. The Morgan fingerprint density at radius 3 is 2.58 bits per heavy atom. The molecule has 0 spiro atoms. The van der Waals surface area contributed by atoms with Crippen LogP contribution in [0.5, 0.6) is 11.5 Å². The second kappa shape index (κ2) is 7.30. The van der Waals surface area contributed by atoms with E-state index >= 15 is 0 Å². The van der Waals surface area contributed by atoms with Gasteiger partial charge in [-0.25, -0.2) is 0 Å². The lowest BCUT2D eigenvalue weighted by molar-refractivity contribution is -0.122. The number of carbonyl (C=O) groups is 2. The highest BCUT2D eigenvalue weighted by Gasteiger charge is 2.38. The SMILES string of the molecule is CC1CC1C(=O)NCCC(=O)Nc1cc2c(cc1Cl)OCCCO2. The first-order valence-electron chi connectivity index (χ1n) is 8.21. The molecule has 3 rings (SSSR count). The fourth-order valence-corrected chi connectivity index (χ4v) is 2.81. The lowest BCUT2D eigenvalue weighted by Gasteiger charge is -2.12. The van der Waals surface area contributed by atoms with Crippen molar-refractivity contribution in [3.05, 3.63) is 17.2 Å². The number of hydrogen-bond donors (Lipinski definition) is 2. The second-order valence-electron chi connectivity index (χ2n) is 6.24. The summed E-state index contributed by atoms with van der Waals surface area (Å²) >= 11 is 6.19. The van der Waals surface area contributed by atoms with Crippen LogP contribution >= 0.6 is 11.6 Å². The molecule has 1 aliphatic heterocycles. The minimum Gasteiger partial charge on any atom is -0.490 e. The lowest BCUT2D eigenvalue weighted by atomic mass is 10.2. The minimum absolute atomic E-state index is 0.0314. The standard InChI is InChI=1S/C17H21ClN2O4/c1-10-7-11(10)17(22)19-4-3-16(21)20-13-9-15-14(8-12(13)18)23-5-2-6-24-15/h8-11H,2-7H2,1H3,(H,19,22)(H,20,21). The first-order valence-corrected chi connectivity index (χ1v) is 8.59. The maximum atomic E-state index is 12.0. The molecule has 6 nitrogen and oxygen atoms in total. The van der Waals surface area contributed by atoms with Gasteiger partial charge in [-0.15, -0.1) is 0 Å². The fourth-order valence-electron chi connectivity index (χ4n) is 2.61. The van der Waals surface area contributed by atoms with Gasteiger partial charge >= 0.3 is 0 Å². The summed E-state index contributed by atoms with van der Waals surface area (Å²) in [6.45, 7) is 3.50. The number of amides is 2. The molecule has 2 atom stereocenters. The monoisotopic (exact) mass is 352 g/mol. The molecule has 0 saturated heterocycles. The average Bonchev–Trinajstić information content (AvgIpc) is 3.30. The molecule has 0 radical (unpaired) electrons. The Morgan fingerprint density at radius 2 is 1.92 bits per heavy atom. The van der Waals surface area contributed by atoms with Crippen LogP contribution in [0, 0.1) is 11.8 Å². The molecule has 0 bridgehead atoms. The highest BCUT2D eigenvalue weighted by atomic mass is 35.5. The maximum Gasteiger partial charge on any atom is 0.226 e. The van der Waals surface area contributed by atoms with Gasteiger partial charge in [-0.3, -0.25) is 9.59 Å². The van der Waals surface area contributed by atoms with E-state index in [1.807, 2.05) is 6.92 Å². The van der Waals surface area contributed by atoms with E-state index in [2.05, 4.69) is 10.6 Å². The molecular weight excluding hydrogens is 332 g/mol. The van der Waals surface area contributed by atoms with Crippen molar-refractivity contribution < 1.29 is 19.1 Å². The number of rotatable bonds is 5. The minimum atomic E-state index is -0.212. The molecular formula is C17H21ClN2O4. The maximum absolute atomic E-state index is 12.0. The van der Waals surface area contributed by atoms with E-state index in [1.165, 1.54) is 0 Å². The van der Waals surface area contributed by atoms with E-state index in [9.17, 15) is 9.59 Å². The Labute approximate surface area is 145 Å². The van der Waals surface area contributed by atoms with Crippen molar-refractivity contribution in [1.29, 1.82) is 0 Å². The van der Waals surface area contributed by atoms with Gasteiger partial charge in [0.1, 0.15) is 0 Å². The molecule has 1 fully saturated rings. The summed E-state index contributed by atoms with van der Waals surface area (Å²) in [6, 6.07) is 3.32. The van der Waals surface area contributed by atoms with Crippen LogP contribution in [-0.2, 0) is 9.59 Å². The van der Waals surface area contributed by atoms with Gasteiger partial charge in [-0.1, -0.05) is 18.5 Å². The van der Waals surface area contributed by atoms with Crippen LogP contribution < -0.4 is 20.1 Å². The van der Waals surface area contributed by atoms with Crippen LogP contribution in [0.1, 0.15) is 26.2 Å². The Kier molecular flexibility index (Phi) is 5.14. The number of benzene rings is 1. The molecule has 1 aliphatic carbocycles. The summed E-state index contributed by atoms with van der Waals surface area (Å²) in [4.78, 5) is 23.7. The summed E-state index contributed by atoms with van der Waals surface area (Å²) in [5.74, 6) is 1.55. The topological polar surface area (TPSA) is 76.7 Å². The van der Waals surface area contributed by atoms with Gasteiger partial charge in [0.2, 0.25) is 11.8 Å². The van der Waals surface area contributed by atoms with E-state index in [-0.39, 0.29) is 24.2 Å². The molecule has 7 heteroatoms. The van der Waals surface area contributed by atoms with Crippen molar-refractivity contribution in [2.75, 3.05) is 25.1 Å². The molecule has 1 heterocycles. The normalized spacial score (nSPS) is 21.6. The van der Waals surface area contributed by atoms with Crippen molar-refractivity contribution in [3.8, 4) is 11.5 Å². The third-order valence-electron chi connectivity index (χ3n) is 4.21. The molecule has 2 N–H and O–H groups in total. The third kappa shape index (κ3) is 4.12. The highest BCUT2D eigenvalue weighted by molar-refractivity contribution is 6.34. The smallest absolute Gasteiger partial charge is 0.226 e. The first-order chi connectivity index (χ1) is 11.5.